The van der Waals surface area contributed by atoms with Crippen molar-refractivity contribution in [2.45, 2.75) is 69.2 Å². The zero-order valence-electron chi connectivity index (χ0n) is 10.0. The van der Waals surface area contributed by atoms with Gasteiger partial charge in [-0.15, -0.1) is 0 Å². The summed E-state index contributed by atoms with van der Waals surface area (Å²) in [5, 5.41) is 0. The minimum atomic E-state index is -1.28. The van der Waals surface area contributed by atoms with Crippen molar-refractivity contribution in [2.24, 2.45) is 0 Å². The number of hydrogen-bond acceptors (Lipinski definition) is 0. The maximum absolute atomic E-state index is 6.96. The second-order valence-corrected chi connectivity index (χ2v) is 15.2. The molecule has 0 nitrogen and oxygen atoms in total. The van der Waals surface area contributed by atoms with Crippen LogP contribution in [0.2, 0.25) is 16.4 Å². The minimum Gasteiger partial charge on any atom is -0.167 e. The fourth-order valence-electron chi connectivity index (χ4n) is 3.32. The summed E-state index contributed by atoms with van der Waals surface area (Å²) in [5.41, 5.74) is 1.53. The van der Waals surface area contributed by atoms with Crippen molar-refractivity contribution in [3.05, 3.63) is 0 Å². The summed E-state index contributed by atoms with van der Waals surface area (Å²) in [4.78, 5) is 0. The van der Waals surface area contributed by atoms with E-state index in [0.717, 1.165) is 4.66 Å². The van der Waals surface area contributed by atoms with Crippen LogP contribution in [0.5, 0.6) is 0 Å². The largest absolute Gasteiger partial charge is 0.167 e. The summed E-state index contributed by atoms with van der Waals surface area (Å²) in [6, 6.07) is 1.39. The van der Waals surface area contributed by atoms with Gasteiger partial charge in [0.25, 0.3) is 0 Å². The lowest BCUT2D eigenvalue weighted by Crippen LogP contribution is -2.57. The van der Waals surface area contributed by atoms with E-state index in [2.05, 4.69) is 20.8 Å². The molecule has 1 aliphatic heterocycles. The minimum absolute atomic E-state index is 0.195. The molecule has 84 valence electrons. The fourth-order valence-corrected chi connectivity index (χ4v) is 17.6. The molecule has 0 aromatic heterocycles. The number of rotatable bonds is 6. The molecule has 1 unspecified atom stereocenters. The quantitative estimate of drug-likeness (QED) is 0.492. The van der Waals surface area contributed by atoms with Crippen molar-refractivity contribution in [1.82, 2.24) is 0 Å². The van der Waals surface area contributed by atoms with Crippen LogP contribution >= 0.6 is 11.1 Å². The molecule has 0 saturated carbocycles. The van der Waals surface area contributed by atoms with E-state index >= 15 is 0 Å². The average molecular weight is 249 g/mol. The average Bonchev–Trinajstić information content (AvgIpc) is 2.16. The Bertz CT molecular complexity index is 178. The van der Waals surface area contributed by atoms with Crippen LogP contribution in [-0.2, 0) is 0 Å². The molecule has 3 heteroatoms. The molecule has 0 spiro atoms. The molecule has 0 amide bonds. The van der Waals surface area contributed by atoms with Gasteiger partial charge in [0.15, 0.2) is 7.38 Å². The Morgan fingerprint density at radius 2 is 1.71 bits per heavy atom. The molecule has 1 saturated heterocycles. The van der Waals surface area contributed by atoms with E-state index in [9.17, 15) is 0 Å². The highest BCUT2D eigenvalue weighted by Gasteiger charge is 2.57. The molecule has 1 atom stereocenters. The third-order valence-corrected chi connectivity index (χ3v) is 20.5. The van der Waals surface area contributed by atoms with E-state index in [1.165, 1.54) is 43.8 Å². The molecule has 0 aromatic rings. The number of hydrogen-bond donors (Lipinski definition) is 0. The van der Waals surface area contributed by atoms with Gasteiger partial charge < -0.3 is 0 Å². The standard InChI is InChI=1S/C11H25ClSi2/c1-4-7-11(8-5-2)13-10-14(11,12)9-6-3/h4-10,13H2,1-3H3. The third kappa shape index (κ3) is 2.12. The fraction of sp³-hybridized carbons (Fsp3) is 1.00. The Labute approximate surface area is 97.3 Å². The maximum Gasteiger partial charge on any atom is 0.156 e. The topological polar surface area (TPSA) is 0 Å². The zero-order valence-corrected chi connectivity index (χ0v) is 13.2. The highest BCUT2D eigenvalue weighted by atomic mass is 35.6. The maximum atomic E-state index is 6.96. The summed E-state index contributed by atoms with van der Waals surface area (Å²) in [5.74, 6) is 0. The van der Waals surface area contributed by atoms with Gasteiger partial charge in [0.1, 0.15) is 0 Å². The van der Waals surface area contributed by atoms with Gasteiger partial charge in [-0.2, -0.15) is 11.1 Å². The predicted molar refractivity (Wildman–Crippen MR) is 72.6 cm³/mol. The van der Waals surface area contributed by atoms with E-state index in [-0.39, 0.29) is 9.52 Å². The van der Waals surface area contributed by atoms with Crippen LogP contribution in [0.25, 0.3) is 0 Å². The van der Waals surface area contributed by atoms with Gasteiger partial charge in [0.2, 0.25) is 0 Å². The van der Waals surface area contributed by atoms with Gasteiger partial charge >= 0.3 is 0 Å². The second-order valence-electron chi connectivity index (χ2n) is 5.00. The van der Waals surface area contributed by atoms with Crippen LogP contribution in [0, 0.1) is 0 Å². The Morgan fingerprint density at radius 1 is 1.14 bits per heavy atom. The molecule has 1 aliphatic rings. The van der Waals surface area contributed by atoms with Crippen LogP contribution in [0.1, 0.15) is 52.9 Å². The van der Waals surface area contributed by atoms with Gasteiger partial charge in [-0.3, -0.25) is 0 Å². The molecule has 0 N–H and O–H groups in total. The van der Waals surface area contributed by atoms with Gasteiger partial charge in [-0.25, -0.2) is 0 Å². The lowest BCUT2D eigenvalue weighted by Gasteiger charge is -2.55. The normalized spacial score (nSPS) is 31.7. The summed E-state index contributed by atoms with van der Waals surface area (Å²) in [6.45, 7) is 6.98. The van der Waals surface area contributed by atoms with Crippen molar-refractivity contribution >= 4 is 28.0 Å². The van der Waals surface area contributed by atoms with Crippen LogP contribution < -0.4 is 0 Å². The molecule has 0 bridgehead atoms. The molecule has 1 rings (SSSR count). The smallest absolute Gasteiger partial charge is 0.156 e. The van der Waals surface area contributed by atoms with E-state index < -0.39 is 7.38 Å². The lowest BCUT2D eigenvalue weighted by atomic mass is 10.1. The van der Waals surface area contributed by atoms with Crippen molar-refractivity contribution < 1.29 is 0 Å². The summed E-state index contributed by atoms with van der Waals surface area (Å²) in [6.07, 6.45) is 6.96. The third-order valence-electron chi connectivity index (χ3n) is 4.05. The molecule has 0 radical (unpaired) electrons. The van der Waals surface area contributed by atoms with Gasteiger partial charge in [-0.1, -0.05) is 58.5 Å². The second kappa shape index (κ2) is 5.17. The van der Waals surface area contributed by atoms with Crippen molar-refractivity contribution in [3.63, 3.8) is 0 Å². The van der Waals surface area contributed by atoms with Crippen LogP contribution in [-0.4, -0.2) is 16.9 Å². The first kappa shape index (κ1) is 12.8. The first-order valence-electron chi connectivity index (χ1n) is 6.33. The molecule has 0 aliphatic carbocycles. The van der Waals surface area contributed by atoms with Crippen LogP contribution in [0.15, 0.2) is 0 Å². The van der Waals surface area contributed by atoms with Gasteiger partial charge in [0, 0.05) is 9.52 Å². The molecule has 14 heavy (non-hydrogen) atoms. The molecular weight excluding hydrogens is 224 g/mol. The van der Waals surface area contributed by atoms with Crippen molar-refractivity contribution in [3.8, 4) is 0 Å². The summed E-state index contributed by atoms with van der Waals surface area (Å²) < 4.78 is 0.772. The molecule has 1 heterocycles. The van der Waals surface area contributed by atoms with Crippen molar-refractivity contribution in [1.29, 1.82) is 0 Å². The SMILES string of the molecule is CCCC1(CCC)[SiH2]C[Si]1(Cl)CCC. The Morgan fingerprint density at radius 3 is 2.00 bits per heavy atom. The highest BCUT2D eigenvalue weighted by Crippen LogP contribution is 2.59. The van der Waals surface area contributed by atoms with E-state index in [4.69, 9.17) is 11.1 Å². The monoisotopic (exact) mass is 248 g/mol. The Hall–Kier alpha value is 0.724. The Kier molecular flexibility index (Phi) is 4.73. The van der Waals surface area contributed by atoms with E-state index in [0.29, 0.717) is 0 Å². The van der Waals surface area contributed by atoms with Crippen LogP contribution in [0.3, 0.4) is 0 Å². The van der Waals surface area contributed by atoms with Gasteiger partial charge in [0.05, 0.1) is 0 Å². The van der Waals surface area contributed by atoms with Crippen molar-refractivity contribution in [2.75, 3.05) is 0 Å². The first-order chi connectivity index (χ1) is 6.64. The highest BCUT2D eigenvalue weighted by molar-refractivity contribution is 7.31. The van der Waals surface area contributed by atoms with Gasteiger partial charge in [-0.05, 0) is 10.7 Å². The Balaban J connectivity index is 2.67. The van der Waals surface area contributed by atoms with E-state index in [1.54, 1.807) is 0 Å². The lowest BCUT2D eigenvalue weighted by molar-refractivity contribution is 0.559. The summed E-state index contributed by atoms with van der Waals surface area (Å²) in [7, 11) is -1.09. The van der Waals surface area contributed by atoms with Crippen LogP contribution in [0.4, 0.5) is 0 Å². The van der Waals surface area contributed by atoms with E-state index in [1.807, 2.05) is 0 Å². The predicted octanol–water partition coefficient (Wildman–Crippen LogP) is 4.02. The molecule has 0 aromatic carbocycles. The zero-order chi connectivity index (χ0) is 10.7. The number of halogens is 1. The molecule has 1 fully saturated rings. The summed E-state index contributed by atoms with van der Waals surface area (Å²) >= 11 is 6.96. The molecular formula is C11H25ClSi2. The first-order valence-corrected chi connectivity index (χ1v) is 11.5.